The summed E-state index contributed by atoms with van der Waals surface area (Å²) in [5.41, 5.74) is 7.58. The molecule has 28 heavy (non-hydrogen) atoms. The van der Waals surface area contributed by atoms with Gasteiger partial charge in [-0.25, -0.2) is 9.67 Å². The monoisotopic (exact) mass is 387 g/mol. The first-order chi connectivity index (χ1) is 13.1. The molecule has 3 heterocycles. The molecule has 0 spiro atoms. The Morgan fingerprint density at radius 3 is 2.71 bits per heavy atom. The number of aliphatic hydroxyl groups is 1. The number of piperidine rings is 1. The van der Waals surface area contributed by atoms with Gasteiger partial charge in [0.15, 0.2) is 11.2 Å². The number of nitrogens with two attached hydrogens (primary N) is 1. The van der Waals surface area contributed by atoms with Gasteiger partial charge in [0, 0.05) is 30.1 Å². The Labute approximate surface area is 164 Å². The molecule has 3 rings (SSSR count). The average molecular weight is 387 g/mol. The van der Waals surface area contributed by atoms with E-state index in [-0.39, 0.29) is 18.5 Å². The highest BCUT2D eigenvalue weighted by atomic mass is 16.3. The first kappa shape index (κ1) is 20.3. The van der Waals surface area contributed by atoms with Crippen LogP contribution >= 0.6 is 0 Å². The van der Waals surface area contributed by atoms with Gasteiger partial charge < -0.3 is 15.7 Å². The summed E-state index contributed by atoms with van der Waals surface area (Å²) in [7, 11) is 0. The van der Waals surface area contributed by atoms with Crippen molar-refractivity contribution in [2.24, 2.45) is 5.73 Å². The van der Waals surface area contributed by atoms with E-state index in [1.807, 2.05) is 24.7 Å². The van der Waals surface area contributed by atoms with Crippen LogP contribution in [0.2, 0.25) is 0 Å². The maximum Gasteiger partial charge on any atom is 0.251 e. The van der Waals surface area contributed by atoms with Gasteiger partial charge in [-0.1, -0.05) is 0 Å². The highest BCUT2D eigenvalue weighted by Crippen LogP contribution is 2.26. The molecule has 1 aliphatic heterocycles. The molecule has 3 N–H and O–H groups in total. The lowest BCUT2D eigenvalue weighted by Crippen LogP contribution is -2.57. The van der Waals surface area contributed by atoms with E-state index in [0.717, 1.165) is 27.9 Å². The number of likely N-dealkylation sites (tertiary alicyclic amines) is 1. The van der Waals surface area contributed by atoms with Crippen molar-refractivity contribution in [3.05, 3.63) is 23.0 Å². The fourth-order valence-electron chi connectivity index (χ4n) is 3.98. The third-order valence-electron chi connectivity index (χ3n) is 5.70. The summed E-state index contributed by atoms with van der Waals surface area (Å²) in [5, 5.41) is 15.8. The maximum absolute atomic E-state index is 12.7. The fraction of sp³-hybridized carbons (Fsp3) is 0.600. The Balaban J connectivity index is 1.76. The molecule has 8 heteroatoms. The van der Waals surface area contributed by atoms with Crippen LogP contribution in [-0.4, -0.2) is 55.3 Å². The van der Waals surface area contributed by atoms with Crippen molar-refractivity contribution in [3.63, 3.8) is 0 Å². The number of nitrogens with zero attached hydrogens (tertiary/aromatic N) is 4. The normalized spacial score (nSPS) is 20.1. The van der Waals surface area contributed by atoms with Crippen LogP contribution < -0.4 is 5.73 Å². The molecule has 0 aromatic carbocycles. The zero-order valence-electron chi connectivity index (χ0n) is 17.0. The van der Waals surface area contributed by atoms with Gasteiger partial charge in [-0.15, -0.1) is 0 Å². The van der Waals surface area contributed by atoms with E-state index in [4.69, 9.17) is 10.7 Å². The summed E-state index contributed by atoms with van der Waals surface area (Å²) in [6, 6.07) is 0.222. The summed E-state index contributed by atoms with van der Waals surface area (Å²) in [6.07, 6.45) is 3.54. The number of fused-ring (bicyclic) bond motifs is 1. The quantitative estimate of drug-likeness (QED) is 0.805. The van der Waals surface area contributed by atoms with Gasteiger partial charge >= 0.3 is 0 Å². The van der Waals surface area contributed by atoms with Crippen molar-refractivity contribution in [2.75, 3.05) is 13.1 Å². The Bertz CT molecular complexity index is 920. The molecule has 1 aliphatic rings. The van der Waals surface area contributed by atoms with Crippen LogP contribution in [0.25, 0.3) is 11.0 Å². The largest absolute Gasteiger partial charge is 0.378 e. The molecule has 1 saturated heterocycles. The molecule has 2 amide bonds. The number of pyridine rings is 1. The van der Waals surface area contributed by atoms with E-state index < -0.39 is 11.5 Å². The van der Waals surface area contributed by atoms with Crippen molar-refractivity contribution in [1.82, 2.24) is 19.7 Å². The van der Waals surface area contributed by atoms with Crippen LogP contribution in [0.4, 0.5) is 0 Å². The summed E-state index contributed by atoms with van der Waals surface area (Å²) in [5.74, 6) is -0.857. The summed E-state index contributed by atoms with van der Waals surface area (Å²) >= 11 is 0. The number of hydrogen-bond acceptors (Lipinski definition) is 5. The zero-order valence-corrected chi connectivity index (χ0v) is 17.0. The standard InChI is InChI=1S/C20H29N5O3/c1-12(2)25-18-16(10-22-25)13(3)15(14(4)23-18)6-7-17(26)24-9-5-8-20(28,11-24)19(21)27/h10,12,28H,5-9,11H2,1-4H3,(H2,21,27). The number of hydrogen-bond donors (Lipinski definition) is 2. The molecular formula is C20H29N5O3. The summed E-state index contributed by atoms with van der Waals surface area (Å²) in [6.45, 7) is 8.63. The van der Waals surface area contributed by atoms with E-state index >= 15 is 0 Å². The third-order valence-corrected chi connectivity index (χ3v) is 5.70. The first-order valence-electron chi connectivity index (χ1n) is 9.77. The second kappa shape index (κ2) is 7.50. The number of β-amino-alcohol motifs (C(OH)–C–C–N with tert-alkyl or cyclic N) is 1. The Morgan fingerprint density at radius 2 is 2.07 bits per heavy atom. The van der Waals surface area contributed by atoms with E-state index in [9.17, 15) is 14.7 Å². The molecule has 0 aliphatic carbocycles. The predicted octanol–water partition coefficient (Wildman–Crippen LogP) is 1.40. The summed E-state index contributed by atoms with van der Waals surface area (Å²) < 4.78 is 1.91. The van der Waals surface area contributed by atoms with E-state index in [2.05, 4.69) is 18.9 Å². The lowest BCUT2D eigenvalue weighted by atomic mass is 9.91. The Kier molecular flexibility index (Phi) is 5.43. The number of amides is 2. The molecule has 2 aromatic heterocycles. The van der Waals surface area contributed by atoms with Crippen molar-refractivity contribution < 1.29 is 14.7 Å². The number of rotatable bonds is 5. The van der Waals surface area contributed by atoms with E-state index in [1.54, 1.807) is 4.90 Å². The number of aryl methyl sites for hydroxylation is 2. The fourth-order valence-corrected chi connectivity index (χ4v) is 3.98. The van der Waals surface area contributed by atoms with Crippen LogP contribution in [-0.2, 0) is 16.0 Å². The SMILES string of the molecule is Cc1nc2c(cnn2C(C)C)c(C)c1CCC(=O)N1CCCC(O)(C(N)=O)C1. The number of aromatic nitrogens is 3. The maximum atomic E-state index is 12.7. The average Bonchev–Trinajstić information content (AvgIpc) is 3.05. The van der Waals surface area contributed by atoms with Crippen LogP contribution in [0.5, 0.6) is 0 Å². The van der Waals surface area contributed by atoms with Crippen molar-refractivity contribution in [3.8, 4) is 0 Å². The summed E-state index contributed by atoms with van der Waals surface area (Å²) in [4.78, 5) is 30.5. The highest BCUT2D eigenvalue weighted by molar-refractivity contribution is 5.85. The van der Waals surface area contributed by atoms with Crippen molar-refractivity contribution >= 4 is 22.8 Å². The predicted molar refractivity (Wildman–Crippen MR) is 106 cm³/mol. The van der Waals surface area contributed by atoms with Crippen LogP contribution in [0.15, 0.2) is 6.20 Å². The Morgan fingerprint density at radius 1 is 1.36 bits per heavy atom. The Hall–Kier alpha value is -2.48. The molecule has 8 nitrogen and oxygen atoms in total. The van der Waals surface area contributed by atoms with E-state index in [1.165, 1.54) is 0 Å². The molecule has 1 atom stereocenters. The minimum absolute atomic E-state index is 0.0302. The van der Waals surface area contributed by atoms with Gasteiger partial charge in [0.05, 0.1) is 12.7 Å². The molecule has 0 bridgehead atoms. The second-order valence-corrected chi connectivity index (χ2v) is 8.04. The van der Waals surface area contributed by atoms with Gasteiger partial charge in [0.2, 0.25) is 5.91 Å². The molecule has 2 aromatic rings. The number of primary amides is 1. The minimum Gasteiger partial charge on any atom is -0.378 e. The number of carbonyl (C=O) groups excluding carboxylic acids is 2. The van der Waals surface area contributed by atoms with Gasteiger partial charge in [0.25, 0.3) is 5.91 Å². The second-order valence-electron chi connectivity index (χ2n) is 8.04. The highest BCUT2D eigenvalue weighted by Gasteiger charge is 2.40. The van der Waals surface area contributed by atoms with Crippen LogP contribution in [0.1, 0.15) is 56.0 Å². The first-order valence-corrected chi connectivity index (χ1v) is 9.77. The van der Waals surface area contributed by atoms with Gasteiger partial charge in [-0.2, -0.15) is 5.10 Å². The van der Waals surface area contributed by atoms with Gasteiger partial charge in [-0.05, 0) is 58.1 Å². The third kappa shape index (κ3) is 3.61. The zero-order chi connectivity index (χ0) is 20.6. The molecule has 1 unspecified atom stereocenters. The van der Waals surface area contributed by atoms with E-state index in [0.29, 0.717) is 32.2 Å². The smallest absolute Gasteiger partial charge is 0.251 e. The molecule has 152 valence electrons. The lowest BCUT2D eigenvalue weighted by Gasteiger charge is -2.37. The lowest BCUT2D eigenvalue weighted by molar-refractivity contribution is -0.148. The topological polar surface area (TPSA) is 114 Å². The number of carbonyl (C=O) groups is 2. The van der Waals surface area contributed by atoms with Gasteiger partial charge in [0.1, 0.15) is 0 Å². The minimum atomic E-state index is -1.62. The molecule has 1 fully saturated rings. The molecule has 0 saturated carbocycles. The molecule has 0 radical (unpaired) electrons. The van der Waals surface area contributed by atoms with Gasteiger partial charge in [-0.3, -0.25) is 9.59 Å². The molecular weight excluding hydrogens is 358 g/mol. The van der Waals surface area contributed by atoms with Crippen molar-refractivity contribution in [2.45, 2.75) is 65.0 Å². The van der Waals surface area contributed by atoms with Crippen LogP contribution in [0, 0.1) is 13.8 Å². The van der Waals surface area contributed by atoms with Crippen molar-refractivity contribution in [1.29, 1.82) is 0 Å². The van der Waals surface area contributed by atoms with Crippen LogP contribution in [0.3, 0.4) is 0 Å².